The molecule has 21 heavy (non-hydrogen) atoms. The highest BCUT2D eigenvalue weighted by Crippen LogP contribution is 2.30. The van der Waals surface area contributed by atoms with Crippen molar-refractivity contribution in [3.8, 4) is 5.75 Å². The molecule has 4 nitrogen and oxygen atoms in total. The zero-order chi connectivity index (χ0) is 15.6. The van der Waals surface area contributed by atoms with E-state index in [1.54, 1.807) is 20.1 Å². The van der Waals surface area contributed by atoms with Gasteiger partial charge in [0.1, 0.15) is 9.96 Å². The van der Waals surface area contributed by atoms with E-state index >= 15 is 0 Å². The Balaban J connectivity index is 2.29. The summed E-state index contributed by atoms with van der Waals surface area (Å²) in [6, 6.07) is 8.31. The van der Waals surface area contributed by atoms with Crippen LogP contribution in [0.1, 0.15) is 24.1 Å². The number of aryl methyl sites for hydroxylation is 1. The average molecular weight is 346 g/mol. The minimum Gasteiger partial charge on any atom is -0.496 e. The van der Waals surface area contributed by atoms with Crippen molar-refractivity contribution in [2.24, 2.45) is 0 Å². The molecule has 114 valence electrons. The van der Waals surface area contributed by atoms with Gasteiger partial charge in [-0.1, -0.05) is 29.3 Å². The van der Waals surface area contributed by atoms with Gasteiger partial charge in [-0.25, -0.2) is 13.1 Å². The first kappa shape index (κ1) is 16.3. The third kappa shape index (κ3) is 3.77. The van der Waals surface area contributed by atoms with Crippen molar-refractivity contribution in [2.45, 2.75) is 24.1 Å². The summed E-state index contributed by atoms with van der Waals surface area (Å²) in [7, 11) is -2.03. The van der Waals surface area contributed by atoms with Crippen molar-refractivity contribution in [3.63, 3.8) is 0 Å². The van der Waals surface area contributed by atoms with Gasteiger partial charge < -0.3 is 4.74 Å². The number of thiophene rings is 1. The second-order valence-corrected chi connectivity index (χ2v) is 8.30. The third-order valence-electron chi connectivity index (χ3n) is 3.00. The smallest absolute Gasteiger partial charge is 0.250 e. The Morgan fingerprint density at radius 1 is 1.29 bits per heavy atom. The third-order valence-corrected chi connectivity index (χ3v) is 6.26. The molecule has 2 aromatic rings. The van der Waals surface area contributed by atoms with Crippen LogP contribution in [0.25, 0.3) is 0 Å². The second-order valence-electron chi connectivity index (χ2n) is 4.65. The molecule has 1 heterocycles. The normalized spacial score (nSPS) is 13.1. The maximum absolute atomic E-state index is 12.3. The Bertz CT molecular complexity index is 740. The fourth-order valence-electron chi connectivity index (χ4n) is 1.99. The van der Waals surface area contributed by atoms with Gasteiger partial charge in [-0.3, -0.25) is 0 Å². The van der Waals surface area contributed by atoms with Crippen LogP contribution in [0.4, 0.5) is 0 Å². The molecule has 0 amide bonds. The van der Waals surface area contributed by atoms with Crippen molar-refractivity contribution in [1.82, 2.24) is 4.72 Å². The summed E-state index contributed by atoms with van der Waals surface area (Å²) >= 11 is 6.82. The van der Waals surface area contributed by atoms with Gasteiger partial charge in [0.25, 0.3) is 10.0 Å². The molecule has 0 bridgehead atoms. The number of sulfonamides is 1. The Labute approximate surface area is 133 Å². The van der Waals surface area contributed by atoms with Crippen molar-refractivity contribution in [1.29, 1.82) is 0 Å². The van der Waals surface area contributed by atoms with Crippen LogP contribution in [-0.4, -0.2) is 15.5 Å². The first-order valence-electron chi connectivity index (χ1n) is 6.25. The zero-order valence-corrected chi connectivity index (χ0v) is 14.3. The topological polar surface area (TPSA) is 55.4 Å². The molecule has 1 aromatic heterocycles. The molecular formula is C14H16ClNO3S2. The Morgan fingerprint density at radius 2 is 2.00 bits per heavy atom. The van der Waals surface area contributed by atoms with Crippen LogP contribution in [-0.2, 0) is 10.0 Å². The van der Waals surface area contributed by atoms with Crippen molar-refractivity contribution < 1.29 is 13.2 Å². The molecule has 7 heteroatoms. The van der Waals surface area contributed by atoms with Gasteiger partial charge >= 0.3 is 0 Å². The van der Waals surface area contributed by atoms with Gasteiger partial charge in [-0.15, -0.1) is 11.3 Å². The molecule has 0 aliphatic carbocycles. The maximum Gasteiger partial charge on any atom is 0.250 e. The molecule has 0 saturated heterocycles. The molecule has 0 saturated carbocycles. The number of nitrogens with one attached hydrogen (secondary N) is 1. The number of methoxy groups -OCH3 is 1. The van der Waals surface area contributed by atoms with Gasteiger partial charge in [0, 0.05) is 11.6 Å². The number of benzene rings is 1. The highest BCUT2D eigenvalue weighted by Gasteiger charge is 2.22. The van der Waals surface area contributed by atoms with Crippen LogP contribution in [0.3, 0.4) is 0 Å². The minimum absolute atomic E-state index is 0.200. The molecule has 2 rings (SSSR count). The summed E-state index contributed by atoms with van der Waals surface area (Å²) in [6.45, 7) is 3.73. The quantitative estimate of drug-likeness (QED) is 0.897. The molecular weight excluding hydrogens is 330 g/mol. The number of hydrogen-bond acceptors (Lipinski definition) is 4. The lowest BCUT2D eigenvalue weighted by atomic mass is 10.1. The lowest BCUT2D eigenvalue weighted by molar-refractivity contribution is 0.405. The van der Waals surface area contributed by atoms with E-state index in [4.69, 9.17) is 16.3 Å². The molecule has 0 aliphatic rings. The van der Waals surface area contributed by atoms with Crippen LogP contribution >= 0.6 is 22.9 Å². The van der Waals surface area contributed by atoms with E-state index in [9.17, 15) is 8.42 Å². The number of halogens is 1. The zero-order valence-electron chi connectivity index (χ0n) is 11.9. The molecule has 1 aromatic carbocycles. The standard InChI is InChI=1S/C14H16ClNO3S2/c1-9-4-5-12(19-3)11(8-9)10(2)16-21(17,18)14-7-6-13(15)20-14/h4-8,10,16H,1-3H3/t10-/m1/s1. The first-order valence-corrected chi connectivity index (χ1v) is 8.93. The summed E-state index contributed by atoms with van der Waals surface area (Å²) < 4.78 is 33.2. The molecule has 0 aliphatic heterocycles. The van der Waals surface area contributed by atoms with Gasteiger partial charge in [-0.05, 0) is 32.0 Å². The maximum atomic E-state index is 12.3. The van der Waals surface area contributed by atoms with Gasteiger partial charge in [0.15, 0.2) is 0 Å². The second kappa shape index (κ2) is 6.36. The van der Waals surface area contributed by atoms with Crippen LogP contribution in [0.5, 0.6) is 5.75 Å². The van der Waals surface area contributed by atoms with E-state index in [0.29, 0.717) is 10.1 Å². The summed E-state index contributed by atoms with van der Waals surface area (Å²) in [6.07, 6.45) is 0. The van der Waals surface area contributed by atoms with Crippen molar-refractivity contribution >= 4 is 33.0 Å². The van der Waals surface area contributed by atoms with Crippen molar-refractivity contribution in [2.75, 3.05) is 7.11 Å². The Morgan fingerprint density at radius 3 is 2.57 bits per heavy atom. The first-order chi connectivity index (χ1) is 9.83. The summed E-state index contributed by atoms with van der Waals surface area (Å²) in [5, 5.41) is 0. The van der Waals surface area contributed by atoms with Crippen LogP contribution in [0.2, 0.25) is 4.34 Å². The predicted octanol–water partition coefficient (Wildman–Crippen LogP) is 3.76. The molecule has 1 atom stereocenters. The molecule has 0 spiro atoms. The van der Waals surface area contributed by atoms with Gasteiger partial charge in [0.05, 0.1) is 11.4 Å². The fraction of sp³-hybridized carbons (Fsp3) is 0.286. The van der Waals surface area contributed by atoms with Gasteiger partial charge in [0.2, 0.25) is 0 Å². The van der Waals surface area contributed by atoms with E-state index in [1.807, 2.05) is 25.1 Å². The molecule has 0 unspecified atom stereocenters. The van der Waals surface area contributed by atoms with Crippen LogP contribution in [0, 0.1) is 6.92 Å². The molecule has 0 fully saturated rings. The monoisotopic (exact) mass is 345 g/mol. The molecule has 0 radical (unpaired) electrons. The number of ether oxygens (including phenoxy) is 1. The van der Waals surface area contributed by atoms with E-state index in [-0.39, 0.29) is 4.21 Å². The van der Waals surface area contributed by atoms with Gasteiger partial charge in [-0.2, -0.15) is 0 Å². The SMILES string of the molecule is COc1ccc(C)cc1[C@@H](C)NS(=O)(=O)c1ccc(Cl)s1. The Kier molecular flexibility index (Phi) is 4.93. The average Bonchev–Trinajstić information content (AvgIpc) is 2.85. The Hall–Kier alpha value is -1.08. The van der Waals surface area contributed by atoms with Crippen molar-refractivity contribution in [3.05, 3.63) is 45.8 Å². The highest BCUT2D eigenvalue weighted by molar-refractivity contribution is 7.91. The number of rotatable bonds is 5. The lowest BCUT2D eigenvalue weighted by Gasteiger charge is -2.17. The predicted molar refractivity (Wildman–Crippen MR) is 85.8 cm³/mol. The largest absolute Gasteiger partial charge is 0.496 e. The van der Waals surface area contributed by atoms with E-state index < -0.39 is 16.1 Å². The van der Waals surface area contributed by atoms with Crippen LogP contribution in [0.15, 0.2) is 34.5 Å². The lowest BCUT2D eigenvalue weighted by Crippen LogP contribution is -2.26. The fourth-order valence-corrected chi connectivity index (χ4v) is 4.71. The minimum atomic E-state index is -3.60. The van der Waals surface area contributed by atoms with Crippen LogP contribution < -0.4 is 9.46 Å². The highest BCUT2D eigenvalue weighted by atomic mass is 35.5. The summed E-state index contributed by atoms with van der Waals surface area (Å²) in [4.78, 5) is 0. The number of hydrogen-bond donors (Lipinski definition) is 1. The summed E-state index contributed by atoms with van der Waals surface area (Å²) in [5.41, 5.74) is 1.83. The van der Waals surface area contributed by atoms with E-state index in [2.05, 4.69) is 4.72 Å². The van der Waals surface area contributed by atoms with E-state index in [0.717, 1.165) is 22.5 Å². The summed E-state index contributed by atoms with van der Waals surface area (Å²) in [5.74, 6) is 0.653. The van der Waals surface area contributed by atoms with E-state index in [1.165, 1.54) is 6.07 Å². The molecule has 1 N–H and O–H groups in total.